The van der Waals surface area contributed by atoms with Crippen molar-refractivity contribution in [1.82, 2.24) is 4.31 Å². The second-order valence-electron chi connectivity index (χ2n) is 2.81. The Labute approximate surface area is 79.8 Å². The van der Waals surface area contributed by atoms with Crippen molar-refractivity contribution in [1.29, 1.82) is 0 Å². The fourth-order valence-corrected chi connectivity index (χ4v) is 1.64. The van der Waals surface area contributed by atoms with Crippen LogP contribution in [-0.4, -0.2) is 23.0 Å². The van der Waals surface area contributed by atoms with E-state index in [1.807, 2.05) is 5.62 Å². The van der Waals surface area contributed by atoms with E-state index in [0.29, 0.717) is 0 Å². The number of hydrogen-bond acceptors (Lipinski definition) is 3. The van der Waals surface area contributed by atoms with Crippen molar-refractivity contribution >= 4 is 17.6 Å². The first-order valence-corrected chi connectivity index (χ1v) is 5.41. The van der Waals surface area contributed by atoms with Gasteiger partial charge < -0.3 is 0 Å². The Hall–Kier alpha value is -0.0200. The summed E-state index contributed by atoms with van der Waals surface area (Å²) in [6.07, 6.45) is 4.76. The Morgan fingerprint density at radius 3 is 2.42 bits per heavy atom. The molecule has 0 rings (SSSR count). The molecule has 0 aliphatic carbocycles. The highest BCUT2D eigenvalue weighted by molar-refractivity contribution is 8.09. The van der Waals surface area contributed by atoms with Gasteiger partial charge in [0.1, 0.15) is 0 Å². The molecular weight excluding hydrogens is 170 g/mol. The van der Waals surface area contributed by atoms with Crippen LogP contribution in [0, 0.1) is 0 Å². The zero-order valence-electron chi connectivity index (χ0n) is 8.01. The highest BCUT2D eigenvalue weighted by atomic mass is 32.2. The van der Waals surface area contributed by atoms with Crippen LogP contribution in [0.4, 0.5) is 0 Å². The average molecular weight is 188 g/mol. The van der Waals surface area contributed by atoms with E-state index in [1.54, 1.807) is 0 Å². The van der Waals surface area contributed by atoms with Gasteiger partial charge in [0.2, 0.25) is 0 Å². The minimum absolute atomic E-state index is 0.990. The third-order valence-corrected chi connectivity index (χ3v) is 2.35. The van der Waals surface area contributed by atoms with Crippen molar-refractivity contribution in [2.75, 3.05) is 13.1 Å². The summed E-state index contributed by atoms with van der Waals surface area (Å²) in [6, 6.07) is 0. The topological polar surface area (TPSA) is 20.3 Å². The van der Waals surface area contributed by atoms with Crippen LogP contribution < -0.4 is 0 Å². The zero-order valence-corrected chi connectivity index (χ0v) is 8.82. The summed E-state index contributed by atoms with van der Waals surface area (Å²) >= 11 is 1.18. The fourth-order valence-electron chi connectivity index (χ4n) is 1.04. The van der Waals surface area contributed by atoms with Crippen LogP contribution in [0.25, 0.3) is 0 Å². The summed E-state index contributed by atoms with van der Waals surface area (Å²) < 4.78 is 2.09. The minimum Gasteiger partial charge on any atom is -0.276 e. The highest BCUT2D eigenvalue weighted by Crippen LogP contribution is 2.08. The Bertz CT molecular complexity index is 109. The minimum atomic E-state index is 0.990. The lowest BCUT2D eigenvalue weighted by Crippen LogP contribution is -2.17. The Balaban J connectivity index is 3.40. The van der Waals surface area contributed by atoms with Crippen molar-refractivity contribution < 1.29 is 4.79 Å². The third-order valence-electron chi connectivity index (χ3n) is 1.65. The lowest BCUT2D eigenvalue weighted by Gasteiger charge is -2.15. The van der Waals surface area contributed by atoms with E-state index in [4.69, 9.17) is 0 Å². The van der Waals surface area contributed by atoms with Crippen LogP contribution in [0.3, 0.4) is 0 Å². The largest absolute Gasteiger partial charge is 0.282 e. The monoisotopic (exact) mass is 188 g/mol. The molecule has 1 radical (unpaired) electrons. The average Bonchev–Trinajstić information content (AvgIpc) is 2.06. The lowest BCUT2D eigenvalue weighted by atomic mass is 10.2. The van der Waals surface area contributed by atoms with Crippen LogP contribution in [0.5, 0.6) is 0 Å². The van der Waals surface area contributed by atoms with E-state index in [0.717, 1.165) is 19.5 Å². The molecule has 0 aliphatic rings. The number of rotatable bonds is 8. The molecule has 0 aromatic heterocycles. The Kier molecular flexibility index (Phi) is 9.06. The third kappa shape index (κ3) is 6.68. The Morgan fingerprint density at radius 1 is 1.17 bits per heavy atom. The second kappa shape index (κ2) is 9.07. The van der Waals surface area contributed by atoms with Crippen LogP contribution in [0.2, 0.25) is 0 Å². The smallest absolute Gasteiger partial charge is 0.276 e. The van der Waals surface area contributed by atoms with Crippen LogP contribution in [0.15, 0.2) is 0 Å². The predicted molar refractivity (Wildman–Crippen MR) is 54.7 cm³/mol. The van der Waals surface area contributed by atoms with Crippen molar-refractivity contribution in [3.05, 3.63) is 0 Å². The molecule has 0 amide bonds. The molecule has 0 saturated carbocycles. The van der Waals surface area contributed by atoms with Gasteiger partial charge in [-0.25, -0.2) is 4.31 Å². The maximum atomic E-state index is 10.1. The Morgan fingerprint density at radius 2 is 1.92 bits per heavy atom. The molecule has 0 bridgehead atoms. The maximum Gasteiger partial charge on any atom is 0.282 e. The summed E-state index contributed by atoms with van der Waals surface area (Å²) in [6.45, 7) is 6.31. The van der Waals surface area contributed by atoms with E-state index < -0.39 is 0 Å². The first-order valence-electron chi connectivity index (χ1n) is 4.64. The molecule has 0 fully saturated rings. The normalized spacial score (nSPS) is 10.6. The molecule has 0 aliphatic heterocycles. The number of carbonyl (C=O) groups excluding carboxylic acids is 1. The molecule has 71 valence electrons. The molecule has 0 unspecified atom stereocenters. The van der Waals surface area contributed by atoms with Crippen LogP contribution in [-0.2, 0) is 4.79 Å². The summed E-state index contributed by atoms with van der Waals surface area (Å²) in [4.78, 5) is 10.1. The second-order valence-corrected chi connectivity index (χ2v) is 3.68. The molecule has 0 saturated heterocycles. The first kappa shape index (κ1) is 12.0. The number of nitrogens with zero attached hydrogens (tertiary/aromatic N) is 1. The molecule has 0 heterocycles. The van der Waals surface area contributed by atoms with Gasteiger partial charge in [0.15, 0.2) is 0 Å². The van der Waals surface area contributed by atoms with Gasteiger partial charge in [-0.15, -0.1) is 0 Å². The van der Waals surface area contributed by atoms with Crippen LogP contribution in [0.1, 0.15) is 39.5 Å². The number of unbranched alkanes of at least 4 members (excludes halogenated alkanes) is 2. The molecule has 0 aromatic carbocycles. The zero-order chi connectivity index (χ0) is 9.23. The van der Waals surface area contributed by atoms with Crippen LogP contribution >= 0.6 is 11.9 Å². The molecule has 0 spiro atoms. The molecule has 3 heteroatoms. The van der Waals surface area contributed by atoms with Gasteiger partial charge in [-0.1, -0.05) is 26.7 Å². The summed E-state index contributed by atoms with van der Waals surface area (Å²) in [7, 11) is 0. The van der Waals surface area contributed by atoms with Gasteiger partial charge in [0.05, 0.1) is 0 Å². The first-order chi connectivity index (χ1) is 5.85. The van der Waals surface area contributed by atoms with Crippen molar-refractivity contribution in [3.8, 4) is 0 Å². The van der Waals surface area contributed by atoms with E-state index in [-0.39, 0.29) is 0 Å². The quantitative estimate of drug-likeness (QED) is 0.431. The number of hydrogen-bond donors (Lipinski definition) is 0. The molecule has 12 heavy (non-hydrogen) atoms. The van der Waals surface area contributed by atoms with Gasteiger partial charge >= 0.3 is 0 Å². The fraction of sp³-hybridized carbons (Fsp3) is 0.889. The highest BCUT2D eigenvalue weighted by Gasteiger charge is 2.02. The molecule has 0 N–H and O–H groups in total. The van der Waals surface area contributed by atoms with E-state index in [2.05, 4.69) is 18.2 Å². The molecular formula is C9H18NOS. The summed E-state index contributed by atoms with van der Waals surface area (Å²) in [5.41, 5.74) is 1.87. The maximum absolute atomic E-state index is 10.1. The predicted octanol–water partition coefficient (Wildman–Crippen LogP) is 2.60. The van der Waals surface area contributed by atoms with Gasteiger partial charge in [0.25, 0.3) is 5.62 Å². The standard InChI is InChI=1S/C9H18NOS/c1-3-5-6-8-10(7-4-2)12-9-11/h3-8H2,1-2H3. The molecule has 0 aromatic rings. The van der Waals surface area contributed by atoms with E-state index in [9.17, 15) is 4.79 Å². The van der Waals surface area contributed by atoms with E-state index in [1.165, 1.54) is 31.2 Å². The van der Waals surface area contributed by atoms with Crippen molar-refractivity contribution in [2.45, 2.75) is 39.5 Å². The molecule has 0 atom stereocenters. The van der Waals surface area contributed by atoms with Gasteiger partial charge in [-0.3, -0.25) is 4.79 Å². The van der Waals surface area contributed by atoms with Gasteiger partial charge in [-0.05, 0) is 12.8 Å². The van der Waals surface area contributed by atoms with Gasteiger partial charge in [0, 0.05) is 25.0 Å². The van der Waals surface area contributed by atoms with E-state index >= 15 is 0 Å². The SMILES string of the molecule is CCCCCN(CCC)S[C]=O. The van der Waals surface area contributed by atoms with Crippen molar-refractivity contribution in [3.63, 3.8) is 0 Å². The lowest BCUT2D eigenvalue weighted by molar-refractivity contribution is 0.450. The molecule has 2 nitrogen and oxygen atoms in total. The summed E-state index contributed by atoms with van der Waals surface area (Å²) in [5.74, 6) is 0. The van der Waals surface area contributed by atoms with Crippen molar-refractivity contribution in [2.24, 2.45) is 0 Å². The van der Waals surface area contributed by atoms with Gasteiger partial charge in [-0.2, -0.15) is 0 Å². The summed E-state index contributed by atoms with van der Waals surface area (Å²) in [5, 5.41) is 0.